The van der Waals surface area contributed by atoms with Gasteiger partial charge in [-0.25, -0.2) is 0 Å². The van der Waals surface area contributed by atoms with Crippen molar-refractivity contribution in [1.29, 1.82) is 0 Å². The number of pyridine rings is 1. The standard InChI is InChI=1S/C23H20N4O3S/c28-27(29)18-8-4-16(5-9-18)15-30-19-10-6-17(7-11-19)22-21(20-3-1-2-12-24-20)25-23-26(22)13-14-31-23/h1-12,21-22H,13-15H2/t21-,22+/m0/s1. The number of non-ortho nitro benzene ring substituents is 1. The molecule has 0 bridgehead atoms. The van der Waals surface area contributed by atoms with Gasteiger partial charge in [0.1, 0.15) is 18.4 Å². The van der Waals surface area contributed by atoms with E-state index in [1.165, 1.54) is 17.7 Å². The Morgan fingerprint density at radius 1 is 1.10 bits per heavy atom. The highest BCUT2D eigenvalue weighted by Gasteiger charge is 2.41. The molecule has 0 amide bonds. The van der Waals surface area contributed by atoms with Crippen LogP contribution < -0.4 is 4.74 Å². The van der Waals surface area contributed by atoms with Crippen LogP contribution >= 0.6 is 11.8 Å². The molecule has 7 nitrogen and oxygen atoms in total. The summed E-state index contributed by atoms with van der Waals surface area (Å²) in [5.41, 5.74) is 3.12. The minimum Gasteiger partial charge on any atom is -0.489 e. The predicted octanol–water partition coefficient (Wildman–Crippen LogP) is 4.77. The minimum atomic E-state index is -0.404. The smallest absolute Gasteiger partial charge is 0.269 e. The van der Waals surface area contributed by atoms with Gasteiger partial charge in [0.2, 0.25) is 0 Å². The van der Waals surface area contributed by atoms with Gasteiger partial charge in [-0.3, -0.25) is 20.1 Å². The number of hydrogen-bond donors (Lipinski definition) is 0. The molecule has 156 valence electrons. The first-order valence-electron chi connectivity index (χ1n) is 10.0. The van der Waals surface area contributed by atoms with Crippen molar-refractivity contribution >= 4 is 22.6 Å². The number of nitrogens with zero attached hydrogens (tertiary/aromatic N) is 4. The average molecular weight is 433 g/mol. The van der Waals surface area contributed by atoms with E-state index in [2.05, 4.69) is 22.0 Å². The number of amidine groups is 1. The number of nitro groups is 1. The molecule has 2 aromatic carbocycles. The van der Waals surface area contributed by atoms with Crippen molar-refractivity contribution in [2.45, 2.75) is 18.7 Å². The van der Waals surface area contributed by atoms with E-state index >= 15 is 0 Å². The van der Waals surface area contributed by atoms with Crippen molar-refractivity contribution in [3.05, 3.63) is 99.9 Å². The van der Waals surface area contributed by atoms with Gasteiger partial charge in [-0.15, -0.1) is 0 Å². The van der Waals surface area contributed by atoms with Gasteiger partial charge in [0.25, 0.3) is 5.69 Å². The summed E-state index contributed by atoms with van der Waals surface area (Å²) in [5.74, 6) is 1.81. The summed E-state index contributed by atoms with van der Waals surface area (Å²) >= 11 is 1.80. The number of benzene rings is 2. The molecule has 2 atom stereocenters. The molecule has 0 radical (unpaired) electrons. The van der Waals surface area contributed by atoms with Crippen LogP contribution in [0.5, 0.6) is 5.75 Å². The molecule has 0 spiro atoms. The lowest BCUT2D eigenvalue weighted by Crippen LogP contribution is -2.27. The molecule has 1 fully saturated rings. The number of hydrogen-bond acceptors (Lipinski definition) is 7. The molecule has 8 heteroatoms. The Kier molecular flexibility index (Phi) is 5.30. The maximum absolute atomic E-state index is 10.8. The van der Waals surface area contributed by atoms with Gasteiger partial charge >= 0.3 is 0 Å². The van der Waals surface area contributed by atoms with Gasteiger partial charge in [-0.1, -0.05) is 30.0 Å². The van der Waals surface area contributed by atoms with Crippen molar-refractivity contribution in [1.82, 2.24) is 9.88 Å². The fourth-order valence-electron chi connectivity index (χ4n) is 3.93. The highest BCUT2D eigenvalue weighted by atomic mass is 32.2. The third kappa shape index (κ3) is 3.98. The third-order valence-electron chi connectivity index (χ3n) is 5.46. The van der Waals surface area contributed by atoms with E-state index in [9.17, 15) is 10.1 Å². The number of nitro benzene ring substituents is 1. The molecule has 1 aromatic heterocycles. The Labute approximate surface area is 183 Å². The Hall–Kier alpha value is -3.39. The summed E-state index contributed by atoms with van der Waals surface area (Å²) in [6.07, 6.45) is 1.82. The van der Waals surface area contributed by atoms with Crippen molar-refractivity contribution in [2.75, 3.05) is 12.3 Å². The van der Waals surface area contributed by atoms with Crippen LogP contribution in [0.25, 0.3) is 0 Å². The van der Waals surface area contributed by atoms with Gasteiger partial charge in [-0.2, -0.15) is 0 Å². The summed E-state index contributed by atoms with van der Waals surface area (Å²) in [5, 5.41) is 11.9. The van der Waals surface area contributed by atoms with Gasteiger partial charge < -0.3 is 9.64 Å². The molecular weight excluding hydrogens is 412 g/mol. The Bertz CT molecular complexity index is 1100. The van der Waals surface area contributed by atoms with E-state index in [0.717, 1.165) is 34.5 Å². The zero-order valence-corrected chi connectivity index (χ0v) is 17.4. The minimum absolute atomic E-state index is 0.0177. The second kappa shape index (κ2) is 8.39. The first-order valence-corrected chi connectivity index (χ1v) is 11.0. The Balaban J connectivity index is 1.31. The first-order chi connectivity index (χ1) is 15.2. The fraction of sp³-hybridized carbons (Fsp3) is 0.217. The number of aliphatic imine (C=N–C) groups is 1. The summed E-state index contributed by atoms with van der Waals surface area (Å²) in [7, 11) is 0. The largest absolute Gasteiger partial charge is 0.489 e. The van der Waals surface area contributed by atoms with Crippen LogP contribution in [0.15, 0.2) is 77.9 Å². The molecule has 2 aliphatic heterocycles. The number of thioether (sulfide) groups is 1. The second-order valence-electron chi connectivity index (χ2n) is 7.38. The van der Waals surface area contributed by atoms with Gasteiger partial charge in [-0.05, 0) is 47.5 Å². The average Bonchev–Trinajstić information content (AvgIpc) is 3.40. The van der Waals surface area contributed by atoms with Crippen LogP contribution in [0.1, 0.15) is 28.9 Å². The van der Waals surface area contributed by atoms with E-state index in [4.69, 9.17) is 9.73 Å². The monoisotopic (exact) mass is 432 g/mol. The molecule has 0 unspecified atom stereocenters. The van der Waals surface area contributed by atoms with E-state index in [1.807, 2.05) is 36.5 Å². The Morgan fingerprint density at radius 3 is 2.61 bits per heavy atom. The first kappa shape index (κ1) is 19.6. The molecule has 2 aliphatic rings. The molecule has 3 aromatic rings. The van der Waals surface area contributed by atoms with Crippen molar-refractivity contribution < 1.29 is 9.66 Å². The molecule has 5 rings (SSSR count). The molecule has 0 aliphatic carbocycles. The zero-order valence-electron chi connectivity index (χ0n) is 16.6. The highest BCUT2D eigenvalue weighted by Crippen LogP contribution is 2.45. The van der Waals surface area contributed by atoms with Crippen LogP contribution in [0.4, 0.5) is 5.69 Å². The Morgan fingerprint density at radius 2 is 1.90 bits per heavy atom. The lowest BCUT2D eigenvalue weighted by Gasteiger charge is -2.27. The molecule has 3 heterocycles. The molecular formula is C23H20N4O3S. The van der Waals surface area contributed by atoms with Crippen LogP contribution in [0.2, 0.25) is 0 Å². The number of ether oxygens (including phenoxy) is 1. The van der Waals surface area contributed by atoms with Crippen LogP contribution in [0.3, 0.4) is 0 Å². The lowest BCUT2D eigenvalue weighted by molar-refractivity contribution is -0.384. The van der Waals surface area contributed by atoms with E-state index in [0.29, 0.717) is 6.61 Å². The summed E-state index contributed by atoms with van der Waals surface area (Å²) in [6.45, 7) is 1.34. The van der Waals surface area contributed by atoms with Crippen LogP contribution in [-0.2, 0) is 6.61 Å². The number of rotatable bonds is 6. The summed E-state index contributed by atoms with van der Waals surface area (Å²) in [4.78, 5) is 22.3. The molecule has 1 saturated heterocycles. The van der Waals surface area contributed by atoms with Crippen molar-refractivity contribution in [3.63, 3.8) is 0 Å². The second-order valence-corrected chi connectivity index (χ2v) is 8.44. The predicted molar refractivity (Wildman–Crippen MR) is 120 cm³/mol. The van der Waals surface area contributed by atoms with Gasteiger partial charge in [0, 0.05) is 30.6 Å². The van der Waals surface area contributed by atoms with Gasteiger partial charge in [0.15, 0.2) is 5.17 Å². The quantitative estimate of drug-likeness (QED) is 0.412. The van der Waals surface area contributed by atoms with E-state index in [1.54, 1.807) is 23.9 Å². The van der Waals surface area contributed by atoms with Crippen molar-refractivity contribution in [2.24, 2.45) is 4.99 Å². The molecule has 31 heavy (non-hydrogen) atoms. The fourth-order valence-corrected chi connectivity index (χ4v) is 4.96. The highest BCUT2D eigenvalue weighted by molar-refractivity contribution is 8.14. The zero-order chi connectivity index (χ0) is 21.2. The summed E-state index contributed by atoms with van der Waals surface area (Å²) in [6, 6.07) is 20.6. The SMILES string of the molecule is O=[N+]([O-])c1ccc(COc2ccc([C@@H]3[C@H](c4ccccn4)N=C4SCCN43)cc2)cc1. The summed E-state index contributed by atoms with van der Waals surface area (Å²) < 4.78 is 5.88. The van der Waals surface area contributed by atoms with Crippen LogP contribution in [0, 0.1) is 10.1 Å². The van der Waals surface area contributed by atoms with Gasteiger partial charge in [0.05, 0.1) is 16.7 Å². The normalized spacial score (nSPS) is 19.7. The van der Waals surface area contributed by atoms with Crippen LogP contribution in [-0.4, -0.2) is 32.3 Å². The van der Waals surface area contributed by atoms with Crippen molar-refractivity contribution in [3.8, 4) is 5.75 Å². The maximum atomic E-state index is 10.8. The molecule has 0 N–H and O–H groups in total. The number of fused-ring (bicyclic) bond motifs is 1. The van der Waals surface area contributed by atoms with E-state index in [-0.39, 0.29) is 17.8 Å². The third-order valence-corrected chi connectivity index (χ3v) is 6.44. The molecule has 0 saturated carbocycles. The number of aromatic nitrogens is 1. The lowest BCUT2D eigenvalue weighted by atomic mass is 9.96. The van der Waals surface area contributed by atoms with E-state index < -0.39 is 4.92 Å². The topological polar surface area (TPSA) is 80.9 Å². The maximum Gasteiger partial charge on any atom is 0.269 e.